The average Bonchev–Trinajstić information content (AvgIpc) is 3.41. The predicted octanol–water partition coefficient (Wildman–Crippen LogP) is 9.36. The van der Waals surface area contributed by atoms with Crippen LogP contribution in [0.15, 0.2) is 35.4 Å². The van der Waals surface area contributed by atoms with E-state index in [0.29, 0.717) is 35.3 Å². The number of aliphatic carboxylic acids is 1. The molecule has 1 aromatic carbocycles. The highest BCUT2D eigenvalue weighted by molar-refractivity contribution is 6.30. The number of amides is 2. The number of halogens is 1. The Labute approximate surface area is 350 Å². The van der Waals surface area contributed by atoms with Crippen LogP contribution in [0.3, 0.4) is 0 Å². The van der Waals surface area contributed by atoms with Crippen molar-refractivity contribution in [3.05, 3.63) is 46.0 Å². The number of ketones is 1. The zero-order valence-electron chi connectivity index (χ0n) is 36.7. The van der Waals surface area contributed by atoms with Gasteiger partial charge in [-0.1, -0.05) is 73.9 Å². The van der Waals surface area contributed by atoms with Gasteiger partial charge in [0.25, 0.3) is 5.91 Å². The van der Waals surface area contributed by atoms with Crippen molar-refractivity contribution in [2.24, 2.45) is 62.6 Å². The van der Waals surface area contributed by atoms with E-state index in [0.717, 1.165) is 56.1 Å². The number of allylic oxidation sites excluding steroid dienone is 1. The molecule has 318 valence electrons. The molecular weight excluding hydrogens is 752 g/mol. The van der Waals surface area contributed by atoms with E-state index in [1.807, 2.05) is 13.8 Å². The summed E-state index contributed by atoms with van der Waals surface area (Å²) in [6.07, 6.45) is 7.65. The summed E-state index contributed by atoms with van der Waals surface area (Å²) >= 11 is 6.05. The summed E-state index contributed by atoms with van der Waals surface area (Å²) in [5.74, 6) is -1.66. The molecule has 5 saturated carbocycles. The molecular formula is C48H67ClN2O7. The lowest BCUT2D eigenvalue weighted by atomic mass is 9.33. The lowest BCUT2D eigenvalue weighted by Gasteiger charge is -2.72. The van der Waals surface area contributed by atoms with E-state index >= 15 is 0 Å². The Morgan fingerprint density at radius 3 is 2.09 bits per heavy atom. The van der Waals surface area contributed by atoms with Gasteiger partial charge in [0.05, 0.1) is 17.4 Å². The molecule has 1 aromatic rings. The van der Waals surface area contributed by atoms with Gasteiger partial charge in [-0.15, -0.1) is 0 Å². The summed E-state index contributed by atoms with van der Waals surface area (Å²) < 4.78 is 6.41. The zero-order valence-corrected chi connectivity index (χ0v) is 37.5. The van der Waals surface area contributed by atoms with Crippen LogP contribution in [0.1, 0.15) is 151 Å². The van der Waals surface area contributed by atoms with Crippen molar-refractivity contribution < 1.29 is 33.8 Å². The molecule has 58 heavy (non-hydrogen) atoms. The lowest BCUT2D eigenvalue weighted by molar-refractivity contribution is -0.235. The summed E-state index contributed by atoms with van der Waals surface area (Å²) in [5, 5.41) is 16.6. The van der Waals surface area contributed by atoms with Crippen LogP contribution in [0.5, 0.6) is 0 Å². The Kier molecular flexibility index (Phi) is 10.3. The predicted molar refractivity (Wildman–Crippen MR) is 224 cm³/mol. The zero-order chi connectivity index (χ0) is 42.8. The molecule has 6 aliphatic rings. The Morgan fingerprint density at radius 1 is 0.828 bits per heavy atom. The highest BCUT2D eigenvalue weighted by Gasteiger charge is 2.71. The van der Waals surface area contributed by atoms with Crippen molar-refractivity contribution in [3.8, 4) is 0 Å². The van der Waals surface area contributed by atoms with Gasteiger partial charge in [-0.2, -0.15) is 0 Å². The van der Waals surface area contributed by atoms with E-state index in [1.165, 1.54) is 0 Å². The summed E-state index contributed by atoms with van der Waals surface area (Å²) in [6, 6.07) is 6.58. The molecule has 2 amide bonds. The first kappa shape index (κ1) is 42.9. The first-order chi connectivity index (χ1) is 26.8. The number of Topliss-reactive ketones (excluding diaryl/α,β-unsaturated/α-hetero) is 1. The van der Waals surface area contributed by atoms with Crippen LogP contribution in [0.25, 0.3) is 0 Å². The number of nitrogens with one attached hydrogen (secondary N) is 2. The van der Waals surface area contributed by atoms with Crippen molar-refractivity contribution in [1.82, 2.24) is 10.6 Å². The Morgan fingerprint density at radius 2 is 1.48 bits per heavy atom. The number of rotatable bonds is 8. The minimum Gasteiger partial charge on any atom is -0.481 e. The van der Waals surface area contributed by atoms with Crippen molar-refractivity contribution in [2.75, 3.05) is 0 Å². The second-order valence-electron chi connectivity index (χ2n) is 22.1. The lowest BCUT2D eigenvalue weighted by Crippen LogP contribution is -2.68. The van der Waals surface area contributed by atoms with E-state index in [-0.39, 0.29) is 69.6 Å². The van der Waals surface area contributed by atoms with Crippen LogP contribution < -0.4 is 10.6 Å². The molecule has 10 atom stereocenters. The first-order valence-corrected chi connectivity index (χ1v) is 22.3. The molecule has 3 N–H and O–H groups in total. The minimum atomic E-state index is -1.24. The van der Waals surface area contributed by atoms with Gasteiger partial charge in [-0.3, -0.25) is 24.0 Å². The van der Waals surface area contributed by atoms with Gasteiger partial charge in [0.15, 0.2) is 5.78 Å². The standard InChI is InChI=1S/C48H67ClN2O7/c1-26(2)36-32(52)25-48(51-41(57)44(7,8)50-38(53)27-12-14-28(49)15-13-27)23-22-46(10)29(37(36)48)16-17-34-45(9)20-19-35(43(5,6)33(45)18-21-47(34,46)11)58-40(56)31-24-30(39(54)55)42(31,3)4/h12-15,26,29-31,33-35H,16-25H2,1-11H3,(H,50,53)(H,51,57)(H,54,55)/t29-,30+,31-,33+,34-,35+,45+,46-,47-,48-/m1/s1. The summed E-state index contributed by atoms with van der Waals surface area (Å²) in [6.45, 7) is 23.5. The van der Waals surface area contributed by atoms with Crippen LogP contribution in [0, 0.1) is 62.6 Å². The van der Waals surface area contributed by atoms with E-state index in [4.69, 9.17) is 16.3 Å². The van der Waals surface area contributed by atoms with Crippen molar-refractivity contribution in [3.63, 3.8) is 0 Å². The quantitative estimate of drug-likeness (QED) is 0.222. The van der Waals surface area contributed by atoms with Gasteiger partial charge in [-0.05, 0) is 152 Å². The number of carboxylic acid groups (broad SMARTS) is 1. The number of fused-ring (bicyclic) bond motifs is 7. The first-order valence-electron chi connectivity index (χ1n) is 21.9. The Hall–Kier alpha value is -3.20. The van der Waals surface area contributed by atoms with Crippen LogP contribution in [-0.2, 0) is 23.9 Å². The highest BCUT2D eigenvalue weighted by atomic mass is 35.5. The fourth-order valence-electron chi connectivity index (χ4n) is 14.3. The van der Waals surface area contributed by atoms with Crippen molar-refractivity contribution >= 4 is 41.1 Å². The maximum atomic E-state index is 14.4. The number of esters is 1. The van der Waals surface area contributed by atoms with Crippen LogP contribution >= 0.6 is 11.6 Å². The summed E-state index contributed by atoms with van der Waals surface area (Å²) in [7, 11) is 0. The Bertz CT molecular complexity index is 1950. The maximum absolute atomic E-state index is 14.4. The van der Waals surface area contributed by atoms with E-state index in [9.17, 15) is 29.1 Å². The smallest absolute Gasteiger partial charge is 0.309 e. The van der Waals surface area contributed by atoms with Crippen LogP contribution in [0.4, 0.5) is 0 Å². The minimum absolute atomic E-state index is 0.0133. The number of hydrogen-bond donors (Lipinski definition) is 3. The fraction of sp³-hybridized carbons (Fsp3) is 0.729. The topological polar surface area (TPSA) is 139 Å². The molecule has 10 heteroatoms. The molecule has 0 aromatic heterocycles. The fourth-order valence-corrected chi connectivity index (χ4v) is 14.4. The monoisotopic (exact) mass is 818 g/mol. The third-order valence-corrected chi connectivity index (χ3v) is 18.2. The molecule has 0 saturated heterocycles. The molecule has 0 bridgehead atoms. The van der Waals surface area contributed by atoms with Gasteiger partial charge in [0.2, 0.25) is 5.91 Å². The van der Waals surface area contributed by atoms with Gasteiger partial charge in [-0.25, -0.2) is 0 Å². The average molecular weight is 820 g/mol. The van der Waals surface area contributed by atoms with Gasteiger partial charge < -0.3 is 20.5 Å². The third kappa shape index (κ3) is 6.23. The SMILES string of the molecule is CC(C)C1=C2[C@H]3CC[C@@H]4[C@@]5(C)CC[C@H](OC(=O)[C@H]6C[C@@H](C(=O)O)C6(C)C)C(C)(C)[C@@H]5CC[C@@]4(C)[C@]3(C)CC[C@@]2(NC(=O)C(C)(C)NC(=O)c2ccc(Cl)cc2)CC1=O. The largest absolute Gasteiger partial charge is 0.481 e. The maximum Gasteiger partial charge on any atom is 0.309 e. The molecule has 6 aliphatic carbocycles. The summed E-state index contributed by atoms with van der Waals surface area (Å²) in [5.41, 5.74) is -0.601. The molecule has 0 aliphatic heterocycles. The van der Waals surface area contributed by atoms with E-state index in [2.05, 4.69) is 59.1 Å². The number of hydrogen-bond acceptors (Lipinski definition) is 6. The number of carbonyl (C=O) groups is 5. The molecule has 7 rings (SSSR count). The van der Waals surface area contributed by atoms with Gasteiger partial charge in [0.1, 0.15) is 11.6 Å². The summed E-state index contributed by atoms with van der Waals surface area (Å²) in [4.78, 5) is 67.2. The Balaban J connectivity index is 1.13. The number of carbonyl (C=O) groups excluding carboxylic acids is 4. The van der Waals surface area contributed by atoms with Crippen molar-refractivity contribution in [2.45, 2.75) is 158 Å². The van der Waals surface area contributed by atoms with E-state index in [1.54, 1.807) is 38.1 Å². The number of ether oxygens (including phenoxy) is 1. The second-order valence-corrected chi connectivity index (χ2v) is 22.5. The molecule has 0 unspecified atom stereocenters. The van der Waals surface area contributed by atoms with E-state index < -0.39 is 34.3 Å². The van der Waals surface area contributed by atoms with Gasteiger partial charge >= 0.3 is 11.9 Å². The molecule has 5 fully saturated rings. The van der Waals surface area contributed by atoms with Crippen LogP contribution in [0.2, 0.25) is 5.02 Å². The third-order valence-electron chi connectivity index (χ3n) is 17.9. The molecule has 0 radical (unpaired) electrons. The van der Waals surface area contributed by atoms with Crippen molar-refractivity contribution in [1.29, 1.82) is 0 Å². The van der Waals surface area contributed by atoms with Gasteiger partial charge in [0, 0.05) is 22.4 Å². The molecule has 0 spiro atoms. The molecule has 9 nitrogen and oxygen atoms in total. The van der Waals surface area contributed by atoms with Crippen LogP contribution in [-0.4, -0.2) is 51.8 Å². The second kappa shape index (κ2) is 13.9. The molecule has 0 heterocycles. The normalized spacial score (nSPS) is 38.7. The number of benzene rings is 1. The highest BCUT2D eigenvalue weighted by Crippen LogP contribution is 2.76. The number of carboxylic acids is 1.